The number of hydrogen-bond acceptors (Lipinski definition) is 4. The molecule has 0 bridgehead atoms. The maximum Gasteiger partial charge on any atom is 0.0645 e. The largest absolute Gasteiger partial charge is 0.380 e. The monoisotopic (exact) mass is 307 g/mol. The van der Waals surface area contributed by atoms with Crippen LogP contribution >= 0.6 is 11.6 Å². The molecule has 0 saturated carbocycles. The van der Waals surface area contributed by atoms with Crippen molar-refractivity contribution in [2.75, 3.05) is 50.8 Å². The van der Waals surface area contributed by atoms with Crippen molar-refractivity contribution in [3.8, 4) is 6.07 Å². The van der Waals surface area contributed by atoms with E-state index in [0.29, 0.717) is 13.0 Å². The first-order valence-corrected chi connectivity index (χ1v) is 7.85. The molecule has 1 aliphatic rings. The molecule has 1 aromatic rings. The minimum absolute atomic E-state index is 0.486. The van der Waals surface area contributed by atoms with Crippen LogP contribution in [-0.4, -0.2) is 50.8 Å². The van der Waals surface area contributed by atoms with Gasteiger partial charge in [0.25, 0.3) is 0 Å². The molecule has 1 aromatic carbocycles. The van der Waals surface area contributed by atoms with Crippen LogP contribution in [0.25, 0.3) is 0 Å². The zero-order valence-electron chi connectivity index (χ0n) is 12.3. The van der Waals surface area contributed by atoms with Crippen molar-refractivity contribution in [3.05, 3.63) is 29.3 Å². The Morgan fingerprint density at radius 2 is 1.81 bits per heavy atom. The van der Waals surface area contributed by atoms with Gasteiger partial charge in [0, 0.05) is 50.0 Å². The van der Waals surface area contributed by atoms with E-state index in [1.165, 1.54) is 5.69 Å². The second-order valence-corrected chi connectivity index (χ2v) is 5.62. The second-order valence-electron chi connectivity index (χ2n) is 5.18. The highest BCUT2D eigenvalue weighted by molar-refractivity contribution is 6.30. The summed E-state index contributed by atoms with van der Waals surface area (Å²) in [7, 11) is 0. The van der Waals surface area contributed by atoms with Crippen molar-refractivity contribution in [1.82, 2.24) is 4.90 Å². The molecular formula is C16H22ClN3O. The normalized spacial score (nSPS) is 15.9. The fraction of sp³-hybridized carbons (Fsp3) is 0.562. The van der Waals surface area contributed by atoms with E-state index in [9.17, 15) is 0 Å². The van der Waals surface area contributed by atoms with Crippen LogP contribution in [0.3, 0.4) is 0 Å². The molecule has 0 aromatic heterocycles. The van der Waals surface area contributed by atoms with E-state index >= 15 is 0 Å². The van der Waals surface area contributed by atoms with E-state index in [4.69, 9.17) is 21.6 Å². The molecule has 2 rings (SSSR count). The Labute approximate surface area is 131 Å². The quantitative estimate of drug-likeness (QED) is 0.726. The molecule has 114 valence electrons. The lowest BCUT2D eigenvalue weighted by molar-refractivity contribution is 0.124. The third-order valence-electron chi connectivity index (χ3n) is 3.69. The highest BCUT2D eigenvalue weighted by Gasteiger charge is 2.16. The number of nitriles is 1. The summed E-state index contributed by atoms with van der Waals surface area (Å²) in [5.41, 5.74) is 1.25. The molecular weight excluding hydrogens is 286 g/mol. The molecule has 0 spiro atoms. The second kappa shape index (κ2) is 8.89. The van der Waals surface area contributed by atoms with Gasteiger partial charge in [-0.3, -0.25) is 4.90 Å². The van der Waals surface area contributed by atoms with E-state index in [2.05, 4.69) is 28.0 Å². The minimum atomic E-state index is 0.486. The maximum absolute atomic E-state index is 8.41. The molecule has 0 N–H and O–H groups in total. The number of rotatable bonds is 7. The van der Waals surface area contributed by atoms with Crippen LogP contribution in [0.2, 0.25) is 5.02 Å². The van der Waals surface area contributed by atoms with Crippen LogP contribution in [0, 0.1) is 11.3 Å². The van der Waals surface area contributed by atoms with Gasteiger partial charge in [-0.2, -0.15) is 5.26 Å². The van der Waals surface area contributed by atoms with E-state index < -0.39 is 0 Å². The number of benzene rings is 1. The standard InChI is InChI=1S/C16H22ClN3O/c17-15-3-5-16(6-4-15)20-11-9-19(10-12-20)8-2-14-21-13-1-7-18/h3-6H,1-2,8-14H2. The number of ether oxygens (including phenoxy) is 1. The number of nitrogens with zero attached hydrogens (tertiary/aromatic N) is 3. The average Bonchev–Trinajstić information content (AvgIpc) is 2.52. The Morgan fingerprint density at radius 3 is 2.48 bits per heavy atom. The predicted molar refractivity (Wildman–Crippen MR) is 85.8 cm³/mol. The van der Waals surface area contributed by atoms with Crippen LogP contribution in [0.5, 0.6) is 0 Å². The summed E-state index contributed by atoms with van der Waals surface area (Å²) in [4.78, 5) is 4.87. The highest BCUT2D eigenvalue weighted by atomic mass is 35.5. The molecule has 1 heterocycles. The first kappa shape index (κ1) is 16.1. The summed E-state index contributed by atoms with van der Waals surface area (Å²) in [5, 5.41) is 9.20. The first-order chi connectivity index (χ1) is 10.3. The topological polar surface area (TPSA) is 39.5 Å². The van der Waals surface area contributed by atoms with Crippen molar-refractivity contribution in [2.45, 2.75) is 12.8 Å². The number of halogens is 1. The van der Waals surface area contributed by atoms with Crippen LogP contribution in [0.1, 0.15) is 12.8 Å². The van der Waals surface area contributed by atoms with Crippen molar-refractivity contribution >= 4 is 17.3 Å². The fourth-order valence-electron chi connectivity index (χ4n) is 2.49. The van der Waals surface area contributed by atoms with Crippen molar-refractivity contribution in [3.63, 3.8) is 0 Å². The van der Waals surface area contributed by atoms with E-state index in [1.54, 1.807) is 0 Å². The number of anilines is 1. The molecule has 0 radical (unpaired) electrons. The lowest BCUT2D eigenvalue weighted by atomic mass is 10.2. The van der Waals surface area contributed by atoms with Gasteiger partial charge in [-0.15, -0.1) is 0 Å². The highest BCUT2D eigenvalue weighted by Crippen LogP contribution is 2.19. The van der Waals surface area contributed by atoms with Crippen molar-refractivity contribution in [1.29, 1.82) is 5.26 Å². The lowest BCUT2D eigenvalue weighted by Gasteiger charge is -2.36. The predicted octanol–water partition coefficient (Wildman–Crippen LogP) is 2.78. The molecule has 0 aliphatic carbocycles. The minimum Gasteiger partial charge on any atom is -0.380 e. The van der Waals surface area contributed by atoms with Gasteiger partial charge < -0.3 is 9.64 Å². The first-order valence-electron chi connectivity index (χ1n) is 7.47. The summed E-state index contributed by atoms with van der Waals surface area (Å²) in [6.07, 6.45) is 1.52. The zero-order valence-corrected chi connectivity index (χ0v) is 13.1. The van der Waals surface area contributed by atoms with Crippen molar-refractivity contribution in [2.24, 2.45) is 0 Å². The Hall–Kier alpha value is -1.28. The molecule has 0 amide bonds. The molecule has 21 heavy (non-hydrogen) atoms. The van der Waals surface area contributed by atoms with Gasteiger partial charge in [-0.1, -0.05) is 11.6 Å². The maximum atomic E-state index is 8.41. The third-order valence-corrected chi connectivity index (χ3v) is 3.94. The van der Waals surface area contributed by atoms with Gasteiger partial charge in [0.15, 0.2) is 0 Å². The van der Waals surface area contributed by atoms with E-state index in [0.717, 1.165) is 50.8 Å². The van der Waals surface area contributed by atoms with Crippen LogP contribution < -0.4 is 4.90 Å². The zero-order chi connectivity index (χ0) is 14.9. The molecule has 5 heteroatoms. The lowest BCUT2D eigenvalue weighted by Crippen LogP contribution is -2.46. The summed E-state index contributed by atoms with van der Waals surface area (Å²) in [5.74, 6) is 0. The molecule has 0 atom stereocenters. The van der Waals surface area contributed by atoms with Gasteiger partial charge in [0.1, 0.15) is 0 Å². The Morgan fingerprint density at radius 1 is 1.10 bits per heavy atom. The smallest absolute Gasteiger partial charge is 0.0645 e. The number of hydrogen-bond donors (Lipinski definition) is 0. The van der Waals surface area contributed by atoms with Gasteiger partial charge in [-0.25, -0.2) is 0 Å². The van der Waals surface area contributed by atoms with Gasteiger partial charge in [0.2, 0.25) is 0 Å². The van der Waals surface area contributed by atoms with Crippen LogP contribution in [0.15, 0.2) is 24.3 Å². The Bertz CT molecular complexity index is 450. The van der Waals surface area contributed by atoms with Crippen LogP contribution in [0.4, 0.5) is 5.69 Å². The van der Waals surface area contributed by atoms with Gasteiger partial charge >= 0.3 is 0 Å². The molecule has 0 unspecified atom stereocenters. The molecule has 1 fully saturated rings. The fourth-order valence-corrected chi connectivity index (χ4v) is 2.62. The van der Waals surface area contributed by atoms with Crippen LogP contribution in [-0.2, 0) is 4.74 Å². The summed E-state index contributed by atoms with van der Waals surface area (Å²) >= 11 is 5.92. The van der Waals surface area contributed by atoms with Crippen molar-refractivity contribution < 1.29 is 4.74 Å². The summed E-state index contributed by atoms with van der Waals surface area (Å²) in [6.45, 7) is 6.65. The molecule has 1 saturated heterocycles. The molecule has 1 aliphatic heterocycles. The van der Waals surface area contributed by atoms with Gasteiger partial charge in [-0.05, 0) is 30.7 Å². The Balaban J connectivity index is 1.62. The van der Waals surface area contributed by atoms with E-state index in [1.807, 2.05) is 12.1 Å². The average molecular weight is 308 g/mol. The van der Waals surface area contributed by atoms with Gasteiger partial charge in [0.05, 0.1) is 19.1 Å². The summed E-state index contributed by atoms with van der Waals surface area (Å²) < 4.78 is 5.39. The SMILES string of the molecule is N#CCCOCCCN1CCN(c2ccc(Cl)cc2)CC1. The number of piperazine rings is 1. The third kappa shape index (κ3) is 5.55. The Kier molecular flexibility index (Phi) is 6.81. The molecule has 4 nitrogen and oxygen atoms in total. The summed E-state index contributed by atoms with van der Waals surface area (Å²) in [6, 6.07) is 10.1. The van der Waals surface area contributed by atoms with E-state index in [-0.39, 0.29) is 0 Å².